The summed E-state index contributed by atoms with van der Waals surface area (Å²) in [5, 5.41) is 35.8. The fourth-order valence-electron chi connectivity index (χ4n) is 4.07. The third kappa shape index (κ3) is 5.63. The van der Waals surface area contributed by atoms with E-state index in [4.69, 9.17) is 4.98 Å². The minimum atomic E-state index is -0.546. The van der Waals surface area contributed by atoms with Crippen molar-refractivity contribution >= 4 is 28.7 Å². The number of carbonyl (C=O) groups excluding carboxylic acids is 1. The number of aromatic nitrogens is 2. The first-order chi connectivity index (χ1) is 19.7. The van der Waals surface area contributed by atoms with E-state index in [1.54, 1.807) is 48.5 Å². The van der Waals surface area contributed by atoms with Crippen molar-refractivity contribution in [2.75, 3.05) is 5.32 Å². The molecule has 0 unspecified atom stereocenters. The molecule has 41 heavy (non-hydrogen) atoms. The van der Waals surface area contributed by atoms with Gasteiger partial charge in [0, 0.05) is 64.3 Å². The number of hydrogen-bond donors (Lipinski definition) is 2. The first-order valence-corrected chi connectivity index (χ1v) is 12.0. The molecule has 0 saturated carbocycles. The molecule has 13 heteroatoms. The third-order valence-electron chi connectivity index (χ3n) is 6.18. The molecule has 2 N–H and O–H groups in total. The van der Waals surface area contributed by atoms with Crippen LogP contribution in [0, 0.1) is 30.3 Å². The van der Waals surface area contributed by atoms with Crippen LogP contribution >= 0.6 is 0 Å². The molecule has 0 aliphatic carbocycles. The Morgan fingerprint density at radius 3 is 1.54 bits per heavy atom. The molecule has 0 radical (unpaired) electrons. The SMILES string of the molecule is O=C(Nc1ccc(-c2nc(-c3ccc([N+](=O)[O-])cc3)c(-c3ccc([N+](=O)[O-])cc3)[nH]2)cc1)c1ccc([N+](=O)[O-])cc1. The molecule has 1 aromatic heterocycles. The van der Waals surface area contributed by atoms with Crippen molar-refractivity contribution in [3.05, 3.63) is 133 Å². The third-order valence-corrected chi connectivity index (χ3v) is 6.18. The maximum atomic E-state index is 12.6. The smallest absolute Gasteiger partial charge is 0.269 e. The van der Waals surface area contributed by atoms with Gasteiger partial charge in [-0.25, -0.2) is 4.98 Å². The number of nitro benzene ring substituents is 3. The Labute approximate surface area is 230 Å². The average molecular weight is 550 g/mol. The van der Waals surface area contributed by atoms with Gasteiger partial charge >= 0.3 is 0 Å². The molecule has 13 nitrogen and oxygen atoms in total. The number of nitrogens with one attached hydrogen (secondary N) is 2. The zero-order valence-electron chi connectivity index (χ0n) is 20.9. The molecule has 0 saturated heterocycles. The summed E-state index contributed by atoms with van der Waals surface area (Å²) in [4.78, 5) is 52.0. The number of amides is 1. The van der Waals surface area contributed by atoms with Crippen LogP contribution in [-0.4, -0.2) is 30.6 Å². The van der Waals surface area contributed by atoms with Crippen LogP contribution in [0.25, 0.3) is 33.9 Å². The largest absolute Gasteiger partial charge is 0.337 e. The summed E-state index contributed by atoms with van der Waals surface area (Å²) in [7, 11) is 0. The summed E-state index contributed by atoms with van der Waals surface area (Å²) >= 11 is 0. The van der Waals surface area contributed by atoms with E-state index in [1.165, 1.54) is 48.5 Å². The lowest BCUT2D eigenvalue weighted by Crippen LogP contribution is -2.11. The number of anilines is 1. The van der Waals surface area contributed by atoms with Gasteiger partial charge in [-0.1, -0.05) is 0 Å². The molecule has 4 aromatic carbocycles. The van der Waals surface area contributed by atoms with Gasteiger partial charge in [-0.15, -0.1) is 0 Å². The number of hydrogen-bond acceptors (Lipinski definition) is 8. The van der Waals surface area contributed by atoms with Crippen LogP contribution in [0.5, 0.6) is 0 Å². The number of nitro groups is 3. The quantitative estimate of drug-likeness (QED) is 0.164. The number of rotatable bonds is 8. The van der Waals surface area contributed by atoms with Crippen LogP contribution in [-0.2, 0) is 0 Å². The highest BCUT2D eigenvalue weighted by Gasteiger charge is 2.18. The Kier molecular flexibility index (Phi) is 6.99. The Balaban J connectivity index is 1.44. The summed E-state index contributed by atoms with van der Waals surface area (Å²) in [5.74, 6) is 0.0199. The van der Waals surface area contributed by atoms with Crippen LogP contribution in [0.4, 0.5) is 22.7 Å². The van der Waals surface area contributed by atoms with E-state index in [2.05, 4.69) is 10.3 Å². The number of H-pyrrole nitrogens is 1. The highest BCUT2D eigenvalue weighted by atomic mass is 16.6. The van der Waals surface area contributed by atoms with E-state index in [9.17, 15) is 35.1 Å². The Morgan fingerprint density at radius 1 is 0.610 bits per heavy atom. The van der Waals surface area contributed by atoms with Crippen molar-refractivity contribution in [3.8, 4) is 33.9 Å². The minimum absolute atomic E-state index is 0.0725. The van der Waals surface area contributed by atoms with Crippen molar-refractivity contribution in [1.82, 2.24) is 9.97 Å². The van der Waals surface area contributed by atoms with Crippen LogP contribution in [0.1, 0.15) is 10.4 Å². The zero-order chi connectivity index (χ0) is 29.1. The van der Waals surface area contributed by atoms with Gasteiger partial charge in [-0.05, 0) is 60.7 Å². The van der Waals surface area contributed by atoms with Crippen molar-refractivity contribution in [2.24, 2.45) is 0 Å². The normalized spacial score (nSPS) is 10.6. The lowest BCUT2D eigenvalue weighted by molar-refractivity contribution is -0.385. The second-order valence-corrected chi connectivity index (χ2v) is 8.75. The first kappa shape index (κ1) is 26.4. The monoisotopic (exact) mass is 550 g/mol. The fraction of sp³-hybridized carbons (Fsp3) is 0. The lowest BCUT2D eigenvalue weighted by atomic mass is 10.0. The van der Waals surface area contributed by atoms with Crippen LogP contribution in [0.15, 0.2) is 97.1 Å². The van der Waals surface area contributed by atoms with E-state index in [-0.39, 0.29) is 22.6 Å². The number of nitrogens with zero attached hydrogens (tertiary/aromatic N) is 4. The molecular formula is C28H18N6O7. The van der Waals surface area contributed by atoms with E-state index >= 15 is 0 Å². The van der Waals surface area contributed by atoms with Gasteiger partial charge in [0.15, 0.2) is 0 Å². The Bertz CT molecular complexity index is 1710. The van der Waals surface area contributed by atoms with Crippen LogP contribution in [0.3, 0.4) is 0 Å². The minimum Gasteiger partial charge on any atom is -0.337 e. The van der Waals surface area contributed by atoms with Gasteiger partial charge in [-0.2, -0.15) is 0 Å². The van der Waals surface area contributed by atoms with Gasteiger partial charge < -0.3 is 10.3 Å². The maximum absolute atomic E-state index is 12.6. The molecule has 202 valence electrons. The molecule has 0 bridgehead atoms. The molecular weight excluding hydrogens is 532 g/mol. The lowest BCUT2D eigenvalue weighted by Gasteiger charge is -2.06. The molecule has 1 amide bonds. The topological polar surface area (TPSA) is 187 Å². The summed E-state index contributed by atoms with van der Waals surface area (Å²) in [5.41, 5.74) is 3.39. The average Bonchev–Trinajstić information content (AvgIpc) is 3.43. The van der Waals surface area contributed by atoms with E-state index in [1.807, 2.05) is 0 Å². The van der Waals surface area contributed by atoms with Gasteiger partial charge in [0.05, 0.1) is 26.2 Å². The molecule has 0 atom stereocenters. The van der Waals surface area contributed by atoms with E-state index < -0.39 is 20.7 Å². The first-order valence-electron chi connectivity index (χ1n) is 12.0. The van der Waals surface area contributed by atoms with E-state index in [0.29, 0.717) is 39.6 Å². The number of benzene rings is 4. The maximum Gasteiger partial charge on any atom is 0.269 e. The Morgan fingerprint density at radius 2 is 1.05 bits per heavy atom. The number of aromatic amines is 1. The van der Waals surface area contributed by atoms with Crippen LogP contribution < -0.4 is 5.32 Å². The molecule has 0 aliphatic heterocycles. The molecule has 1 heterocycles. The second kappa shape index (κ2) is 10.9. The number of carbonyl (C=O) groups is 1. The Hall–Kier alpha value is -6.24. The van der Waals surface area contributed by atoms with Crippen molar-refractivity contribution in [3.63, 3.8) is 0 Å². The highest BCUT2D eigenvalue weighted by molar-refractivity contribution is 6.04. The predicted molar refractivity (Wildman–Crippen MR) is 149 cm³/mol. The standard InChI is InChI=1S/C28H18N6O7/c35-28(20-7-15-24(16-8-20)34(40)41)29-21-9-1-19(2-10-21)27-30-25(17-3-11-22(12-4-17)32(36)37)26(31-27)18-5-13-23(14-6-18)33(38)39/h1-16H,(H,29,35)(H,30,31). The van der Waals surface area contributed by atoms with Crippen molar-refractivity contribution in [2.45, 2.75) is 0 Å². The predicted octanol–water partition coefficient (Wildman–Crippen LogP) is 6.39. The second-order valence-electron chi connectivity index (χ2n) is 8.75. The zero-order valence-corrected chi connectivity index (χ0v) is 20.9. The summed E-state index contributed by atoms with van der Waals surface area (Å²) in [6, 6.07) is 23.8. The number of non-ortho nitro benzene ring substituents is 3. The molecule has 0 spiro atoms. The number of imidazole rings is 1. The molecule has 0 aliphatic rings. The molecule has 5 rings (SSSR count). The van der Waals surface area contributed by atoms with Crippen molar-refractivity contribution < 1.29 is 19.6 Å². The summed E-state index contributed by atoms with van der Waals surface area (Å²) < 4.78 is 0. The van der Waals surface area contributed by atoms with Gasteiger partial charge in [0.25, 0.3) is 23.0 Å². The van der Waals surface area contributed by atoms with Gasteiger partial charge in [-0.3, -0.25) is 35.1 Å². The summed E-state index contributed by atoms with van der Waals surface area (Å²) in [6.07, 6.45) is 0. The van der Waals surface area contributed by atoms with Crippen molar-refractivity contribution in [1.29, 1.82) is 0 Å². The van der Waals surface area contributed by atoms with Crippen LogP contribution in [0.2, 0.25) is 0 Å². The molecule has 5 aromatic rings. The summed E-state index contributed by atoms with van der Waals surface area (Å²) in [6.45, 7) is 0. The van der Waals surface area contributed by atoms with Gasteiger partial charge in [0.1, 0.15) is 5.82 Å². The molecule has 0 fully saturated rings. The van der Waals surface area contributed by atoms with E-state index in [0.717, 1.165) is 0 Å². The van der Waals surface area contributed by atoms with Gasteiger partial charge in [0.2, 0.25) is 0 Å². The fourth-order valence-corrected chi connectivity index (χ4v) is 4.07. The highest BCUT2D eigenvalue weighted by Crippen LogP contribution is 2.34.